The second-order valence-electron chi connectivity index (χ2n) is 5.42. The van der Waals surface area contributed by atoms with E-state index in [0.29, 0.717) is 19.5 Å². The van der Waals surface area contributed by atoms with Crippen molar-refractivity contribution >= 4 is 10.0 Å². The van der Waals surface area contributed by atoms with Gasteiger partial charge in [-0.2, -0.15) is 4.31 Å². The van der Waals surface area contributed by atoms with Crippen LogP contribution in [0.1, 0.15) is 24.5 Å². The van der Waals surface area contributed by atoms with E-state index < -0.39 is 10.0 Å². The van der Waals surface area contributed by atoms with Gasteiger partial charge in [0.15, 0.2) is 0 Å². The summed E-state index contributed by atoms with van der Waals surface area (Å²) in [6.45, 7) is 7.81. The standard InChI is InChI=1S/C15H24N2O2S/c1-3-12-20(18,19)17-10-8-16(9-11-17)13-15-7-5-4-6-14(15)2/h4-7H,3,8-13H2,1-2H3. The molecule has 1 aromatic rings. The number of benzene rings is 1. The summed E-state index contributed by atoms with van der Waals surface area (Å²) in [5, 5.41) is 0. The molecular formula is C15H24N2O2S. The first-order valence-electron chi connectivity index (χ1n) is 7.27. The van der Waals surface area contributed by atoms with Crippen molar-refractivity contribution in [3.63, 3.8) is 0 Å². The molecule has 0 radical (unpaired) electrons. The molecule has 20 heavy (non-hydrogen) atoms. The number of nitrogens with zero attached hydrogens (tertiary/aromatic N) is 2. The van der Waals surface area contributed by atoms with E-state index >= 15 is 0 Å². The van der Waals surface area contributed by atoms with Crippen LogP contribution in [0.3, 0.4) is 0 Å². The first-order chi connectivity index (χ1) is 9.53. The quantitative estimate of drug-likeness (QED) is 0.832. The van der Waals surface area contributed by atoms with Crippen molar-refractivity contribution in [2.75, 3.05) is 31.9 Å². The Hall–Kier alpha value is -0.910. The highest BCUT2D eigenvalue weighted by Crippen LogP contribution is 2.14. The second-order valence-corrected chi connectivity index (χ2v) is 7.51. The minimum absolute atomic E-state index is 0.269. The topological polar surface area (TPSA) is 40.6 Å². The molecule has 2 rings (SSSR count). The third-order valence-corrected chi connectivity index (χ3v) is 5.92. The lowest BCUT2D eigenvalue weighted by Crippen LogP contribution is -2.48. The lowest BCUT2D eigenvalue weighted by atomic mass is 10.1. The highest BCUT2D eigenvalue weighted by atomic mass is 32.2. The Morgan fingerprint density at radius 1 is 1.10 bits per heavy atom. The molecular weight excluding hydrogens is 272 g/mol. The van der Waals surface area contributed by atoms with E-state index in [2.05, 4.69) is 30.0 Å². The molecule has 1 aromatic carbocycles. The molecule has 112 valence electrons. The summed E-state index contributed by atoms with van der Waals surface area (Å²) in [4.78, 5) is 2.33. The fourth-order valence-corrected chi connectivity index (χ4v) is 4.07. The molecule has 4 nitrogen and oxygen atoms in total. The molecule has 1 aliphatic heterocycles. The van der Waals surface area contributed by atoms with E-state index in [9.17, 15) is 8.42 Å². The number of hydrogen-bond acceptors (Lipinski definition) is 3. The summed E-state index contributed by atoms with van der Waals surface area (Å²) < 4.78 is 25.7. The van der Waals surface area contributed by atoms with Gasteiger partial charge in [-0.05, 0) is 24.5 Å². The van der Waals surface area contributed by atoms with Gasteiger partial charge >= 0.3 is 0 Å². The van der Waals surface area contributed by atoms with Crippen molar-refractivity contribution in [3.8, 4) is 0 Å². The smallest absolute Gasteiger partial charge is 0.214 e. The van der Waals surface area contributed by atoms with Crippen LogP contribution in [0, 0.1) is 6.92 Å². The minimum atomic E-state index is -3.03. The Labute approximate surface area is 122 Å². The molecule has 0 atom stereocenters. The molecule has 5 heteroatoms. The summed E-state index contributed by atoms with van der Waals surface area (Å²) in [5.74, 6) is 0.269. The van der Waals surface area contributed by atoms with Gasteiger partial charge < -0.3 is 0 Å². The number of piperazine rings is 1. The molecule has 0 unspecified atom stereocenters. The molecule has 0 spiro atoms. The first-order valence-corrected chi connectivity index (χ1v) is 8.88. The predicted octanol–water partition coefficient (Wildman–Crippen LogP) is 1.85. The van der Waals surface area contributed by atoms with E-state index in [1.54, 1.807) is 4.31 Å². The van der Waals surface area contributed by atoms with Gasteiger partial charge in [-0.25, -0.2) is 8.42 Å². The Kier molecular flexibility index (Phi) is 5.18. The van der Waals surface area contributed by atoms with Crippen molar-refractivity contribution in [2.45, 2.75) is 26.8 Å². The van der Waals surface area contributed by atoms with Gasteiger partial charge in [0.1, 0.15) is 0 Å². The van der Waals surface area contributed by atoms with Crippen LogP contribution >= 0.6 is 0 Å². The molecule has 0 aliphatic carbocycles. The van der Waals surface area contributed by atoms with Crippen LogP contribution in [0.5, 0.6) is 0 Å². The maximum atomic E-state index is 12.0. The molecule has 0 N–H and O–H groups in total. The summed E-state index contributed by atoms with van der Waals surface area (Å²) in [6.07, 6.45) is 0.686. The average Bonchev–Trinajstić information content (AvgIpc) is 2.42. The number of rotatable bonds is 5. The van der Waals surface area contributed by atoms with E-state index in [0.717, 1.165) is 19.6 Å². The van der Waals surface area contributed by atoms with Gasteiger partial charge in [0.05, 0.1) is 5.75 Å². The summed E-state index contributed by atoms with van der Waals surface area (Å²) in [7, 11) is -3.03. The van der Waals surface area contributed by atoms with Crippen LogP contribution < -0.4 is 0 Å². The summed E-state index contributed by atoms with van der Waals surface area (Å²) >= 11 is 0. The average molecular weight is 296 g/mol. The van der Waals surface area contributed by atoms with E-state index in [1.807, 2.05) is 13.0 Å². The molecule has 0 aromatic heterocycles. The lowest BCUT2D eigenvalue weighted by molar-refractivity contribution is 0.181. The zero-order valence-corrected chi connectivity index (χ0v) is 13.2. The highest BCUT2D eigenvalue weighted by molar-refractivity contribution is 7.89. The van der Waals surface area contributed by atoms with Gasteiger partial charge in [-0.1, -0.05) is 31.2 Å². The maximum absolute atomic E-state index is 12.0. The lowest BCUT2D eigenvalue weighted by Gasteiger charge is -2.34. The highest BCUT2D eigenvalue weighted by Gasteiger charge is 2.26. The van der Waals surface area contributed by atoms with E-state index in [-0.39, 0.29) is 5.75 Å². The normalized spacial score (nSPS) is 18.3. The Morgan fingerprint density at radius 2 is 1.75 bits per heavy atom. The molecule has 0 saturated carbocycles. The second kappa shape index (κ2) is 6.70. The third kappa shape index (κ3) is 3.81. The van der Waals surface area contributed by atoms with Gasteiger partial charge in [0.25, 0.3) is 0 Å². The Morgan fingerprint density at radius 3 is 2.35 bits per heavy atom. The summed E-state index contributed by atoms with van der Waals surface area (Å²) in [5.41, 5.74) is 2.63. The van der Waals surface area contributed by atoms with Crippen LogP contribution in [0.25, 0.3) is 0 Å². The molecule has 1 heterocycles. The van der Waals surface area contributed by atoms with Crippen LogP contribution in [0.15, 0.2) is 24.3 Å². The van der Waals surface area contributed by atoms with Gasteiger partial charge in [0, 0.05) is 32.7 Å². The van der Waals surface area contributed by atoms with Crippen molar-refractivity contribution in [1.82, 2.24) is 9.21 Å². The van der Waals surface area contributed by atoms with E-state index in [1.165, 1.54) is 11.1 Å². The van der Waals surface area contributed by atoms with Crippen molar-refractivity contribution in [1.29, 1.82) is 0 Å². The fraction of sp³-hybridized carbons (Fsp3) is 0.600. The molecule has 0 bridgehead atoms. The third-order valence-electron chi connectivity index (χ3n) is 3.84. The molecule has 0 amide bonds. The zero-order chi connectivity index (χ0) is 14.6. The zero-order valence-electron chi connectivity index (χ0n) is 12.4. The van der Waals surface area contributed by atoms with Crippen LogP contribution in [0.4, 0.5) is 0 Å². The first kappa shape index (κ1) is 15.5. The van der Waals surface area contributed by atoms with Gasteiger partial charge in [-0.15, -0.1) is 0 Å². The Bertz CT molecular complexity index is 535. The molecule has 1 fully saturated rings. The van der Waals surface area contributed by atoms with Gasteiger partial charge in [-0.3, -0.25) is 4.90 Å². The number of aryl methyl sites for hydroxylation is 1. The minimum Gasteiger partial charge on any atom is -0.296 e. The van der Waals surface area contributed by atoms with Crippen LogP contribution in [-0.2, 0) is 16.6 Å². The number of sulfonamides is 1. The van der Waals surface area contributed by atoms with Crippen molar-refractivity contribution in [3.05, 3.63) is 35.4 Å². The molecule has 1 aliphatic rings. The SMILES string of the molecule is CCCS(=O)(=O)N1CCN(Cc2ccccc2C)CC1. The maximum Gasteiger partial charge on any atom is 0.214 e. The monoisotopic (exact) mass is 296 g/mol. The largest absolute Gasteiger partial charge is 0.296 e. The Balaban J connectivity index is 1.91. The molecule has 1 saturated heterocycles. The van der Waals surface area contributed by atoms with Crippen LogP contribution in [-0.4, -0.2) is 49.6 Å². The van der Waals surface area contributed by atoms with Crippen LogP contribution in [0.2, 0.25) is 0 Å². The fourth-order valence-electron chi connectivity index (χ4n) is 2.58. The van der Waals surface area contributed by atoms with Crippen molar-refractivity contribution in [2.24, 2.45) is 0 Å². The predicted molar refractivity (Wildman–Crippen MR) is 82.1 cm³/mol. The van der Waals surface area contributed by atoms with E-state index in [4.69, 9.17) is 0 Å². The number of hydrogen-bond donors (Lipinski definition) is 0. The van der Waals surface area contributed by atoms with Gasteiger partial charge in [0.2, 0.25) is 10.0 Å². The summed E-state index contributed by atoms with van der Waals surface area (Å²) in [6, 6.07) is 8.38. The van der Waals surface area contributed by atoms with Crippen molar-refractivity contribution < 1.29 is 8.42 Å².